The van der Waals surface area contributed by atoms with Crippen LogP contribution in [0.4, 0.5) is 0 Å². The largest absolute Gasteiger partial charge is 0.354 e. The highest BCUT2D eigenvalue weighted by molar-refractivity contribution is 9.10. The summed E-state index contributed by atoms with van der Waals surface area (Å²) in [7, 11) is 0. The minimum Gasteiger partial charge on any atom is -0.354 e. The van der Waals surface area contributed by atoms with Crippen molar-refractivity contribution in [3.05, 3.63) is 33.2 Å². The quantitative estimate of drug-likeness (QED) is 0.901. The number of aromatic nitrogens is 1. The lowest BCUT2D eigenvalue weighted by molar-refractivity contribution is -0.121. The van der Waals surface area contributed by atoms with Crippen molar-refractivity contribution in [3.8, 4) is 0 Å². The van der Waals surface area contributed by atoms with Crippen LogP contribution in [-0.4, -0.2) is 17.0 Å². The average Bonchev–Trinajstić information content (AvgIpc) is 3.06. The highest BCUT2D eigenvalue weighted by atomic mass is 79.9. The van der Waals surface area contributed by atoms with Gasteiger partial charge in [-0.2, -0.15) is 0 Å². The van der Waals surface area contributed by atoms with E-state index in [1.54, 1.807) is 18.3 Å². The average molecular weight is 285 g/mol. The van der Waals surface area contributed by atoms with Gasteiger partial charge in [0.15, 0.2) is 0 Å². The maximum absolute atomic E-state index is 11.6. The second-order valence-corrected chi connectivity index (χ2v) is 4.89. The number of nitrogens with zero attached hydrogens (tertiary/aromatic N) is 1. The van der Waals surface area contributed by atoms with Crippen LogP contribution in [0.25, 0.3) is 0 Å². The summed E-state index contributed by atoms with van der Waals surface area (Å²) >= 11 is 3.14. The molecule has 1 heterocycles. The fraction of sp³-hybridized carbons (Fsp3) is 0.455. The van der Waals surface area contributed by atoms with Crippen LogP contribution >= 0.6 is 15.9 Å². The van der Waals surface area contributed by atoms with E-state index in [0.717, 1.165) is 6.54 Å². The van der Waals surface area contributed by atoms with Gasteiger partial charge in [0, 0.05) is 12.7 Å². The van der Waals surface area contributed by atoms with Crippen LogP contribution in [0.2, 0.25) is 0 Å². The minimum absolute atomic E-state index is 0.0883. The van der Waals surface area contributed by atoms with Crippen molar-refractivity contribution in [2.75, 3.05) is 6.54 Å². The molecule has 1 N–H and O–H groups in total. The van der Waals surface area contributed by atoms with E-state index in [0.29, 0.717) is 10.4 Å². The number of amides is 1. The molecular weight excluding hydrogens is 272 g/mol. The molecule has 1 aliphatic carbocycles. The van der Waals surface area contributed by atoms with Gasteiger partial charge < -0.3 is 9.88 Å². The van der Waals surface area contributed by atoms with Gasteiger partial charge >= 0.3 is 0 Å². The van der Waals surface area contributed by atoms with Crippen molar-refractivity contribution in [1.29, 1.82) is 0 Å². The molecule has 86 valence electrons. The predicted molar refractivity (Wildman–Crippen MR) is 64.1 cm³/mol. The molecule has 0 atom stereocenters. The summed E-state index contributed by atoms with van der Waals surface area (Å²) in [5, 5.41) is 2.83. The van der Waals surface area contributed by atoms with Crippen molar-refractivity contribution in [3.63, 3.8) is 0 Å². The fourth-order valence-electron chi connectivity index (χ4n) is 1.42. The van der Waals surface area contributed by atoms with Crippen LogP contribution < -0.4 is 10.9 Å². The van der Waals surface area contributed by atoms with Crippen molar-refractivity contribution in [2.45, 2.75) is 19.4 Å². The van der Waals surface area contributed by atoms with E-state index in [2.05, 4.69) is 21.2 Å². The molecule has 1 aliphatic rings. The van der Waals surface area contributed by atoms with Crippen molar-refractivity contribution < 1.29 is 4.79 Å². The van der Waals surface area contributed by atoms with Gasteiger partial charge in [0.1, 0.15) is 6.54 Å². The van der Waals surface area contributed by atoms with Gasteiger partial charge in [-0.1, -0.05) is 0 Å². The number of nitrogens with one attached hydrogen (secondary N) is 1. The molecule has 1 aromatic heterocycles. The Bertz CT molecular complexity index is 452. The predicted octanol–water partition coefficient (Wildman–Crippen LogP) is 1.14. The Morgan fingerprint density at radius 2 is 2.31 bits per heavy atom. The molecule has 16 heavy (non-hydrogen) atoms. The molecule has 1 fully saturated rings. The molecule has 0 saturated heterocycles. The Balaban J connectivity index is 1.94. The Morgan fingerprint density at radius 3 is 3.00 bits per heavy atom. The highest BCUT2D eigenvalue weighted by Crippen LogP contribution is 2.27. The SMILES string of the molecule is O=C(Cn1cccc(Br)c1=O)NCC1CC1. The second kappa shape index (κ2) is 4.82. The third kappa shape index (κ3) is 2.95. The van der Waals surface area contributed by atoms with Crippen LogP contribution in [0.3, 0.4) is 0 Å². The van der Waals surface area contributed by atoms with Crippen LogP contribution in [0.15, 0.2) is 27.6 Å². The number of hydrogen-bond acceptors (Lipinski definition) is 2. The maximum Gasteiger partial charge on any atom is 0.265 e. The van der Waals surface area contributed by atoms with E-state index >= 15 is 0 Å². The first kappa shape index (κ1) is 11.4. The molecule has 4 nitrogen and oxygen atoms in total. The zero-order chi connectivity index (χ0) is 11.5. The van der Waals surface area contributed by atoms with E-state index < -0.39 is 0 Å². The molecular formula is C11H13BrN2O2. The topological polar surface area (TPSA) is 51.1 Å². The van der Waals surface area contributed by atoms with Gasteiger partial charge in [0.2, 0.25) is 5.91 Å². The summed E-state index contributed by atoms with van der Waals surface area (Å²) in [4.78, 5) is 23.1. The lowest BCUT2D eigenvalue weighted by Crippen LogP contribution is -2.33. The number of hydrogen-bond donors (Lipinski definition) is 1. The second-order valence-electron chi connectivity index (χ2n) is 4.04. The smallest absolute Gasteiger partial charge is 0.265 e. The first-order valence-corrected chi connectivity index (χ1v) is 6.08. The molecule has 1 amide bonds. The lowest BCUT2D eigenvalue weighted by Gasteiger charge is -2.06. The zero-order valence-electron chi connectivity index (χ0n) is 8.78. The van der Waals surface area contributed by atoms with Crippen molar-refractivity contribution >= 4 is 21.8 Å². The Labute approximate surface area is 102 Å². The number of pyridine rings is 1. The van der Waals surface area contributed by atoms with Crippen LogP contribution in [-0.2, 0) is 11.3 Å². The van der Waals surface area contributed by atoms with Crippen molar-refractivity contribution in [1.82, 2.24) is 9.88 Å². The third-order valence-corrected chi connectivity index (χ3v) is 3.18. The molecule has 2 rings (SSSR count). The Hall–Kier alpha value is -1.10. The molecule has 1 saturated carbocycles. The highest BCUT2D eigenvalue weighted by Gasteiger charge is 2.21. The molecule has 0 aromatic carbocycles. The van der Waals surface area contributed by atoms with Crippen LogP contribution in [0.5, 0.6) is 0 Å². The van der Waals surface area contributed by atoms with Gasteiger partial charge in [-0.15, -0.1) is 0 Å². The molecule has 1 aromatic rings. The number of carbonyl (C=O) groups is 1. The third-order valence-electron chi connectivity index (χ3n) is 2.57. The summed E-state index contributed by atoms with van der Waals surface area (Å²) < 4.78 is 1.87. The number of halogens is 1. The van der Waals surface area contributed by atoms with Crippen LogP contribution in [0, 0.1) is 5.92 Å². The summed E-state index contributed by atoms with van der Waals surface area (Å²) in [6.45, 7) is 0.826. The Kier molecular flexibility index (Phi) is 3.43. The van der Waals surface area contributed by atoms with Crippen molar-refractivity contribution in [2.24, 2.45) is 5.92 Å². The van der Waals surface area contributed by atoms with Crippen LogP contribution in [0.1, 0.15) is 12.8 Å². The summed E-state index contributed by atoms with van der Waals surface area (Å²) in [6, 6.07) is 3.40. The fourth-order valence-corrected chi connectivity index (χ4v) is 1.80. The first-order valence-electron chi connectivity index (χ1n) is 5.28. The minimum atomic E-state index is -0.177. The van der Waals surface area contributed by atoms with Gasteiger partial charge in [-0.05, 0) is 46.8 Å². The molecule has 0 unspecified atom stereocenters. The van der Waals surface area contributed by atoms with E-state index in [1.807, 2.05) is 0 Å². The van der Waals surface area contributed by atoms with E-state index in [4.69, 9.17) is 0 Å². The maximum atomic E-state index is 11.6. The number of rotatable bonds is 4. The lowest BCUT2D eigenvalue weighted by atomic mass is 10.4. The van der Waals surface area contributed by atoms with E-state index in [1.165, 1.54) is 17.4 Å². The molecule has 5 heteroatoms. The first-order chi connectivity index (χ1) is 7.66. The molecule has 0 bridgehead atoms. The monoisotopic (exact) mass is 284 g/mol. The normalized spacial score (nSPS) is 14.8. The molecule has 0 spiro atoms. The summed E-state index contributed by atoms with van der Waals surface area (Å²) in [5.41, 5.74) is -0.177. The standard InChI is InChI=1S/C11H13BrN2O2/c12-9-2-1-5-14(11(9)16)7-10(15)13-6-8-3-4-8/h1-2,5,8H,3-4,6-7H2,(H,13,15). The van der Waals surface area contributed by atoms with E-state index in [-0.39, 0.29) is 18.0 Å². The summed E-state index contributed by atoms with van der Waals surface area (Å²) in [6.07, 6.45) is 4.03. The summed E-state index contributed by atoms with van der Waals surface area (Å²) in [5.74, 6) is 0.551. The van der Waals surface area contributed by atoms with Gasteiger partial charge in [0.25, 0.3) is 5.56 Å². The van der Waals surface area contributed by atoms with Gasteiger partial charge in [0.05, 0.1) is 4.47 Å². The number of carbonyl (C=O) groups excluding carboxylic acids is 1. The Morgan fingerprint density at radius 1 is 1.56 bits per heavy atom. The molecule has 0 radical (unpaired) electrons. The van der Waals surface area contributed by atoms with Gasteiger partial charge in [-0.25, -0.2) is 0 Å². The zero-order valence-corrected chi connectivity index (χ0v) is 10.4. The van der Waals surface area contributed by atoms with Gasteiger partial charge in [-0.3, -0.25) is 9.59 Å². The molecule has 0 aliphatic heterocycles. The van der Waals surface area contributed by atoms with E-state index in [9.17, 15) is 9.59 Å².